The first-order valence-electron chi connectivity index (χ1n) is 12.3. The van der Waals surface area contributed by atoms with Crippen LogP contribution in [0.2, 0.25) is 0 Å². The second-order valence-electron chi connectivity index (χ2n) is 9.03. The van der Waals surface area contributed by atoms with Crippen molar-refractivity contribution in [3.05, 3.63) is 35.1 Å². The number of amides is 2. The van der Waals surface area contributed by atoms with Gasteiger partial charge in [0.1, 0.15) is 5.82 Å². The fraction of sp³-hybridized carbons (Fsp3) is 0.680. The van der Waals surface area contributed by atoms with Gasteiger partial charge < -0.3 is 15.1 Å². The minimum Gasteiger partial charge on any atom is -0.351 e. The minimum atomic E-state index is -0.468. The predicted molar refractivity (Wildman–Crippen MR) is 125 cm³/mol. The maximum absolute atomic E-state index is 14.6. The number of piperidine rings is 2. The Bertz CT molecular complexity index is 754. The van der Waals surface area contributed by atoms with Crippen LogP contribution in [0, 0.1) is 11.7 Å². The highest BCUT2D eigenvalue weighted by Gasteiger charge is 2.27. The maximum Gasteiger partial charge on any atom is 0.254 e. The molecular weight excluding hydrogens is 407 g/mol. The van der Waals surface area contributed by atoms with Crippen LogP contribution < -0.4 is 5.32 Å². The molecule has 0 aromatic heterocycles. The van der Waals surface area contributed by atoms with Gasteiger partial charge in [-0.1, -0.05) is 12.5 Å². The Hall–Kier alpha value is -1.99. The third kappa shape index (κ3) is 6.75. The summed E-state index contributed by atoms with van der Waals surface area (Å²) in [5.74, 6) is -0.457. The van der Waals surface area contributed by atoms with Crippen LogP contribution in [0.5, 0.6) is 0 Å². The molecule has 178 valence electrons. The number of carbonyl (C=O) groups is 2. The van der Waals surface area contributed by atoms with E-state index in [0.717, 1.165) is 64.2 Å². The van der Waals surface area contributed by atoms with E-state index in [1.54, 1.807) is 6.07 Å². The smallest absolute Gasteiger partial charge is 0.254 e. The van der Waals surface area contributed by atoms with Crippen molar-refractivity contribution in [2.45, 2.75) is 52.5 Å². The summed E-state index contributed by atoms with van der Waals surface area (Å²) in [7, 11) is 0. The summed E-state index contributed by atoms with van der Waals surface area (Å²) in [6.07, 6.45) is 5.40. The molecule has 7 heteroatoms. The van der Waals surface area contributed by atoms with Crippen molar-refractivity contribution in [2.75, 3.05) is 52.4 Å². The van der Waals surface area contributed by atoms with Gasteiger partial charge in [0, 0.05) is 38.6 Å². The van der Waals surface area contributed by atoms with Crippen molar-refractivity contribution < 1.29 is 14.0 Å². The van der Waals surface area contributed by atoms with Crippen LogP contribution in [0.1, 0.15) is 61.9 Å². The van der Waals surface area contributed by atoms with Crippen molar-refractivity contribution >= 4 is 11.8 Å². The summed E-state index contributed by atoms with van der Waals surface area (Å²) in [6.45, 7) is 11.4. The Morgan fingerprint density at radius 2 is 1.72 bits per heavy atom. The van der Waals surface area contributed by atoms with Crippen molar-refractivity contribution in [3.63, 3.8) is 0 Å². The van der Waals surface area contributed by atoms with E-state index in [9.17, 15) is 14.0 Å². The Kier molecular flexibility index (Phi) is 9.48. The first-order valence-corrected chi connectivity index (χ1v) is 12.3. The predicted octanol–water partition coefficient (Wildman–Crippen LogP) is 3.12. The zero-order valence-corrected chi connectivity index (χ0v) is 19.7. The molecule has 1 N–H and O–H groups in total. The van der Waals surface area contributed by atoms with Crippen molar-refractivity contribution in [2.24, 2.45) is 5.92 Å². The van der Waals surface area contributed by atoms with Gasteiger partial charge in [0.05, 0.1) is 5.56 Å². The molecule has 32 heavy (non-hydrogen) atoms. The number of carbonyl (C=O) groups excluding carboxylic acids is 2. The zero-order valence-electron chi connectivity index (χ0n) is 19.7. The highest BCUT2D eigenvalue weighted by molar-refractivity contribution is 5.94. The van der Waals surface area contributed by atoms with Crippen molar-refractivity contribution in [1.82, 2.24) is 20.0 Å². The quantitative estimate of drug-likeness (QED) is 0.633. The molecule has 3 rings (SSSR count). The number of nitrogens with one attached hydrogen (secondary N) is 1. The fourth-order valence-electron chi connectivity index (χ4n) is 4.84. The van der Waals surface area contributed by atoms with Crippen LogP contribution in [-0.2, 0) is 11.3 Å². The molecule has 0 atom stereocenters. The molecule has 0 bridgehead atoms. The van der Waals surface area contributed by atoms with Gasteiger partial charge in [0.15, 0.2) is 0 Å². The lowest BCUT2D eigenvalue weighted by Gasteiger charge is -2.33. The lowest BCUT2D eigenvalue weighted by molar-refractivity contribution is -0.136. The fourth-order valence-corrected chi connectivity index (χ4v) is 4.84. The standard InChI is InChI=1S/C25H39FN4O2/c1-3-30(4-2)25(32)21-10-15-29(16-11-21)19-20-8-9-22(23(26)18-20)24(31)27-12-17-28-13-6-5-7-14-28/h8-9,18,21H,3-7,10-17,19H2,1-2H3,(H,27,31). The van der Waals surface area contributed by atoms with E-state index in [1.807, 2.05) is 24.8 Å². The summed E-state index contributed by atoms with van der Waals surface area (Å²) < 4.78 is 14.6. The van der Waals surface area contributed by atoms with E-state index in [2.05, 4.69) is 15.1 Å². The number of rotatable bonds is 9. The number of halogens is 1. The topological polar surface area (TPSA) is 55.9 Å². The Labute approximate surface area is 192 Å². The number of nitrogens with zero attached hydrogens (tertiary/aromatic N) is 3. The maximum atomic E-state index is 14.6. The van der Waals surface area contributed by atoms with Crippen LogP contribution in [0.15, 0.2) is 18.2 Å². The number of benzene rings is 1. The SMILES string of the molecule is CCN(CC)C(=O)C1CCN(Cc2ccc(C(=O)NCCN3CCCCC3)c(F)c2)CC1. The van der Waals surface area contributed by atoms with Crippen LogP contribution in [-0.4, -0.2) is 78.9 Å². The minimum absolute atomic E-state index is 0.0962. The average molecular weight is 447 g/mol. The monoisotopic (exact) mass is 446 g/mol. The molecule has 1 aromatic rings. The molecule has 2 saturated heterocycles. The lowest BCUT2D eigenvalue weighted by Crippen LogP contribution is -2.42. The van der Waals surface area contributed by atoms with Crippen LogP contribution in [0.3, 0.4) is 0 Å². The Morgan fingerprint density at radius 1 is 1.03 bits per heavy atom. The number of hydrogen-bond donors (Lipinski definition) is 1. The lowest BCUT2D eigenvalue weighted by atomic mass is 9.95. The van der Waals surface area contributed by atoms with Crippen LogP contribution in [0.25, 0.3) is 0 Å². The van der Waals surface area contributed by atoms with Gasteiger partial charge in [0.25, 0.3) is 5.91 Å². The molecule has 2 fully saturated rings. The molecular formula is C25H39FN4O2. The van der Waals surface area contributed by atoms with Crippen LogP contribution >= 0.6 is 0 Å². The third-order valence-electron chi connectivity index (χ3n) is 6.86. The van der Waals surface area contributed by atoms with Gasteiger partial charge in [-0.3, -0.25) is 14.5 Å². The van der Waals surface area contributed by atoms with E-state index in [1.165, 1.54) is 25.3 Å². The third-order valence-corrected chi connectivity index (χ3v) is 6.86. The second-order valence-corrected chi connectivity index (χ2v) is 9.03. The number of likely N-dealkylation sites (tertiary alicyclic amines) is 2. The summed E-state index contributed by atoms with van der Waals surface area (Å²) in [5.41, 5.74) is 0.969. The van der Waals surface area contributed by atoms with Crippen LogP contribution in [0.4, 0.5) is 4.39 Å². The van der Waals surface area contributed by atoms with Crippen molar-refractivity contribution in [3.8, 4) is 0 Å². The molecule has 2 heterocycles. The zero-order chi connectivity index (χ0) is 22.9. The molecule has 2 aliphatic rings. The molecule has 0 aliphatic carbocycles. The Morgan fingerprint density at radius 3 is 2.34 bits per heavy atom. The molecule has 0 saturated carbocycles. The number of hydrogen-bond acceptors (Lipinski definition) is 4. The van der Waals surface area contributed by atoms with E-state index in [0.29, 0.717) is 13.1 Å². The molecule has 2 aliphatic heterocycles. The highest BCUT2D eigenvalue weighted by atomic mass is 19.1. The molecule has 0 radical (unpaired) electrons. The summed E-state index contributed by atoms with van der Waals surface area (Å²) in [4.78, 5) is 31.5. The molecule has 1 aromatic carbocycles. The van der Waals surface area contributed by atoms with Gasteiger partial charge in [-0.05, 0) is 83.4 Å². The summed E-state index contributed by atoms with van der Waals surface area (Å²) >= 11 is 0. The largest absolute Gasteiger partial charge is 0.351 e. The van der Waals surface area contributed by atoms with Gasteiger partial charge in [0.2, 0.25) is 5.91 Å². The molecule has 0 unspecified atom stereocenters. The first kappa shape index (κ1) is 24.6. The Balaban J connectivity index is 1.45. The van der Waals surface area contributed by atoms with E-state index >= 15 is 0 Å². The molecule has 0 spiro atoms. The highest BCUT2D eigenvalue weighted by Crippen LogP contribution is 2.22. The molecule has 2 amide bonds. The summed E-state index contributed by atoms with van der Waals surface area (Å²) in [5, 5.41) is 2.86. The van der Waals surface area contributed by atoms with E-state index in [-0.39, 0.29) is 23.3 Å². The normalized spacial score (nSPS) is 18.5. The van der Waals surface area contributed by atoms with Gasteiger partial charge in [-0.15, -0.1) is 0 Å². The van der Waals surface area contributed by atoms with Gasteiger partial charge in [-0.25, -0.2) is 4.39 Å². The van der Waals surface area contributed by atoms with E-state index in [4.69, 9.17) is 0 Å². The van der Waals surface area contributed by atoms with E-state index < -0.39 is 5.82 Å². The van der Waals surface area contributed by atoms with Gasteiger partial charge >= 0.3 is 0 Å². The van der Waals surface area contributed by atoms with Crippen molar-refractivity contribution in [1.29, 1.82) is 0 Å². The average Bonchev–Trinajstić information content (AvgIpc) is 2.81. The first-order chi connectivity index (χ1) is 15.5. The second kappa shape index (κ2) is 12.3. The molecule has 6 nitrogen and oxygen atoms in total. The summed E-state index contributed by atoms with van der Waals surface area (Å²) in [6, 6.07) is 4.92. The van der Waals surface area contributed by atoms with Gasteiger partial charge in [-0.2, -0.15) is 0 Å².